The molecule has 2 aromatic carbocycles. The van der Waals surface area contributed by atoms with E-state index in [1.165, 1.54) is 18.6 Å². The number of hydrogen-bond acceptors (Lipinski definition) is 5. The Labute approximate surface area is 207 Å². The van der Waals surface area contributed by atoms with Crippen molar-refractivity contribution in [1.29, 1.82) is 5.26 Å². The molecule has 1 amide bonds. The molecule has 4 aromatic rings. The number of benzene rings is 2. The van der Waals surface area contributed by atoms with Crippen molar-refractivity contribution in [3.8, 4) is 17.2 Å². The molecule has 2 atom stereocenters. The van der Waals surface area contributed by atoms with Crippen LogP contribution in [0.2, 0.25) is 0 Å². The Morgan fingerprint density at radius 1 is 1.00 bits per heavy atom. The number of nitrogens with zero attached hydrogens (tertiary/aromatic N) is 4. The van der Waals surface area contributed by atoms with Crippen molar-refractivity contribution in [1.82, 2.24) is 20.1 Å². The van der Waals surface area contributed by atoms with Crippen molar-refractivity contribution in [2.45, 2.75) is 25.4 Å². The smallest absolute Gasteiger partial charge is 0.309 e. The first kappa shape index (κ1) is 24.7. The summed E-state index contributed by atoms with van der Waals surface area (Å²) in [7, 11) is 0. The van der Waals surface area contributed by atoms with Gasteiger partial charge < -0.3 is 10.6 Å². The lowest BCUT2D eigenvalue weighted by Crippen LogP contribution is -2.35. The summed E-state index contributed by atoms with van der Waals surface area (Å²) in [6.45, 7) is -0.142. The second-order valence-electron chi connectivity index (χ2n) is 8.29. The third-order valence-electron chi connectivity index (χ3n) is 5.78. The number of halogens is 2. The largest absolute Gasteiger partial charge is 0.333 e. The molecule has 4 rings (SSSR count). The Morgan fingerprint density at radius 2 is 1.75 bits per heavy atom. The van der Waals surface area contributed by atoms with Crippen molar-refractivity contribution < 1.29 is 13.6 Å². The molecule has 2 N–H and O–H groups in total. The lowest BCUT2D eigenvalue weighted by molar-refractivity contribution is -0.118. The molecule has 2 heterocycles. The summed E-state index contributed by atoms with van der Waals surface area (Å²) in [6, 6.07) is 21.6. The summed E-state index contributed by atoms with van der Waals surface area (Å²) < 4.78 is 26.1. The zero-order valence-corrected chi connectivity index (χ0v) is 19.5. The van der Waals surface area contributed by atoms with Gasteiger partial charge in [0.25, 0.3) is 0 Å². The van der Waals surface area contributed by atoms with Gasteiger partial charge >= 0.3 is 6.55 Å². The first-order chi connectivity index (χ1) is 17.4. The molecule has 7 nitrogen and oxygen atoms in total. The number of anilines is 1. The van der Waals surface area contributed by atoms with Crippen LogP contribution in [-0.4, -0.2) is 27.2 Å². The van der Waals surface area contributed by atoms with Crippen LogP contribution in [0, 0.1) is 11.3 Å². The van der Waals surface area contributed by atoms with Crippen molar-refractivity contribution in [2.75, 3.05) is 11.9 Å². The molecule has 0 aliphatic carbocycles. The van der Waals surface area contributed by atoms with Gasteiger partial charge in [0.1, 0.15) is 11.9 Å². The molecule has 9 heteroatoms. The zero-order chi connectivity index (χ0) is 25.5. The van der Waals surface area contributed by atoms with Gasteiger partial charge in [-0.15, -0.1) is 0 Å². The molecule has 0 bridgehead atoms. The van der Waals surface area contributed by atoms with Crippen molar-refractivity contribution >= 4 is 11.7 Å². The highest BCUT2D eigenvalue weighted by Crippen LogP contribution is 2.23. The third-order valence-corrected chi connectivity index (χ3v) is 5.78. The molecule has 182 valence electrons. The number of rotatable bonds is 9. The van der Waals surface area contributed by atoms with E-state index in [0.717, 1.165) is 11.1 Å². The van der Waals surface area contributed by atoms with Gasteiger partial charge in [-0.3, -0.25) is 4.79 Å². The highest BCUT2D eigenvalue weighted by atomic mass is 19.3. The van der Waals surface area contributed by atoms with E-state index in [0.29, 0.717) is 33.7 Å². The van der Waals surface area contributed by atoms with Gasteiger partial charge in [0, 0.05) is 30.1 Å². The second kappa shape index (κ2) is 11.3. The zero-order valence-electron chi connectivity index (χ0n) is 19.5. The van der Waals surface area contributed by atoms with Gasteiger partial charge in [-0.1, -0.05) is 49.4 Å². The van der Waals surface area contributed by atoms with E-state index in [1.54, 1.807) is 24.3 Å². The van der Waals surface area contributed by atoms with Crippen LogP contribution in [0.5, 0.6) is 0 Å². The Bertz CT molecular complexity index is 1330. The van der Waals surface area contributed by atoms with Gasteiger partial charge in [0.2, 0.25) is 5.91 Å². The molecule has 2 aromatic heterocycles. The van der Waals surface area contributed by atoms with E-state index >= 15 is 0 Å². The minimum atomic E-state index is -2.72. The van der Waals surface area contributed by atoms with E-state index in [2.05, 4.69) is 26.8 Å². The minimum absolute atomic E-state index is 0.100. The third kappa shape index (κ3) is 5.98. The summed E-state index contributed by atoms with van der Waals surface area (Å²) in [6.07, 6.45) is 4.08. The average molecular weight is 487 g/mol. The van der Waals surface area contributed by atoms with Gasteiger partial charge in [-0.05, 0) is 41.3 Å². The average Bonchev–Trinajstić information content (AvgIpc) is 3.41. The molecule has 0 aliphatic heterocycles. The predicted octanol–water partition coefficient (Wildman–Crippen LogP) is 5.28. The molecular formula is C27H24F2N6O. The molecule has 0 unspecified atom stereocenters. The standard InChI is InChI=1S/C27H24F2N6O/c1-18(20-9-7-19(13-30)8-10-20)14-32-25(21-5-3-2-4-6-21)26(36)34-24-12-11-22(15-31-24)23-16-33-35(17-23)27(28)29/h2-12,15-18,25,27,32H,14H2,1H3,(H,31,34,36)/t18-,25+/m0/s1. The number of alkyl halides is 2. The number of nitriles is 1. The van der Waals surface area contributed by atoms with Crippen LogP contribution in [0.3, 0.4) is 0 Å². The van der Waals surface area contributed by atoms with Gasteiger partial charge in [-0.2, -0.15) is 19.1 Å². The predicted molar refractivity (Wildman–Crippen MR) is 132 cm³/mol. The molecule has 36 heavy (non-hydrogen) atoms. The maximum absolute atomic E-state index is 13.2. The van der Waals surface area contributed by atoms with Crippen molar-refractivity contribution in [3.05, 3.63) is 102 Å². The molecule has 0 saturated carbocycles. The first-order valence-corrected chi connectivity index (χ1v) is 11.3. The Kier molecular flexibility index (Phi) is 7.78. The number of pyridine rings is 1. The van der Waals surface area contributed by atoms with E-state index in [-0.39, 0.29) is 11.8 Å². The number of carbonyl (C=O) groups excluding carboxylic acids is 1. The van der Waals surface area contributed by atoms with Crippen LogP contribution in [0.4, 0.5) is 14.6 Å². The highest BCUT2D eigenvalue weighted by molar-refractivity contribution is 5.95. The summed E-state index contributed by atoms with van der Waals surface area (Å²) in [4.78, 5) is 17.5. The number of aromatic nitrogens is 3. The monoisotopic (exact) mass is 486 g/mol. The Morgan fingerprint density at radius 3 is 2.36 bits per heavy atom. The summed E-state index contributed by atoms with van der Waals surface area (Å²) in [5.74, 6) is 0.162. The highest BCUT2D eigenvalue weighted by Gasteiger charge is 2.22. The van der Waals surface area contributed by atoms with Crippen LogP contribution in [0.1, 0.15) is 42.1 Å². The van der Waals surface area contributed by atoms with Crippen LogP contribution >= 0.6 is 0 Å². The fourth-order valence-corrected chi connectivity index (χ4v) is 3.74. The lowest BCUT2D eigenvalue weighted by atomic mass is 9.98. The van der Waals surface area contributed by atoms with Gasteiger partial charge in [-0.25, -0.2) is 9.67 Å². The molecule has 0 radical (unpaired) electrons. The number of carbonyl (C=O) groups is 1. The molecular weight excluding hydrogens is 462 g/mol. The van der Waals surface area contributed by atoms with Crippen molar-refractivity contribution in [3.63, 3.8) is 0 Å². The van der Waals surface area contributed by atoms with E-state index < -0.39 is 12.6 Å². The number of hydrogen-bond donors (Lipinski definition) is 2. The van der Waals surface area contributed by atoms with E-state index in [1.807, 2.05) is 49.4 Å². The van der Waals surface area contributed by atoms with Crippen LogP contribution in [-0.2, 0) is 4.79 Å². The quantitative estimate of drug-likeness (QED) is 0.335. The number of nitrogens with one attached hydrogen (secondary N) is 2. The number of amides is 1. The van der Waals surface area contributed by atoms with E-state index in [9.17, 15) is 13.6 Å². The Balaban J connectivity index is 1.45. The Hall–Kier alpha value is -4.42. The minimum Gasteiger partial charge on any atom is -0.309 e. The van der Waals surface area contributed by atoms with Crippen molar-refractivity contribution in [2.24, 2.45) is 0 Å². The fraction of sp³-hybridized carbons (Fsp3) is 0.185. The van der Waals surface area contributed by atoms with Gasteiger partial charge in [0.15, 0.2) is 0 Å². The molecule has 0 fully saturated rings. The first-order valence-electron chi connectivity index (χ1n) is 11.3. The summed E-state index contributed by atoms with van der Waals surface area (Å²) >= 11 is 0. The topological polar surface area (TPSA) is 95.6 Å². The lowest BCUT2D eigenvalue weighted by Gasteiger charge is -2.21. The molecule has 0 aliphatic rings. The van der Waals surface area contributed by atoms with E-state index in [4.69, 9.17) is 5.26 Å². The molecule has 0 saturated heterocycles. The molecule has 0 spiro atoms. The summed E-state index contributed by atoms with van der Waals surface area (Å²) in [5, 5.41) is 18.8. The van der Waals surface area contributed by atoms with Crippen LogP contribution in [0.25, 0.3) is 11.1 Å². The SMILES string of the molecule is C[C@@H](CN[C@@H](C(=O)Nc1ccc(-c2cnn(C(F)F)c2)cn1)c1ccccc1)c1ccc(C#N)cc1. The van der Waals surface area contributed by atoms with Crippen LogP contribution < -0.4 is 10.6 Å². The van der Waals surface area contributed by atoms with Gasteiger partial charge in [0.05, 0.1) is 17.8 Å². The maximum atomic E-state index is 13.2. The normalized spacial score (nSPS) is 12.6. The fourth-order valence-electron chi connectivity index (χ4n) is 3.74. The second-order valence-corrected chi connectivity index (χ2v) is 8.29. The van der Waals surface area contributed by atoms with Crippen LogP contribution in [0.15, 0.2) is 85.3 Å². The summed E-state index contributed by atoms with van der Waals surface area (Å²) in [5.41, 5.74) is 3.57. The maximum Gasteiger partial charge on any atom is 0.333 e.